The van der Waals surface area contributed by atoms with Crippen molar-refractivity contribution in [3.05, 3.63) is 71.3 Å². The fourth-order valence-electron chi connectivity index (χ4n) is 3.72. The van der Waals surface area contributed by atoms with Crippen LogP contribution in [0.25, 0.3) is 0 Å². The van der Waals surface area contributed by atoms with Crippen molar-refractivity contribution in [1.82, 2.24) is 0 Å². The molecule has 0 radical (unpaired) electrons. The lowest BCUT2D eigenvalue weighted by Crippen LogP contribution is -2.30. The first kappa shape index (κ1) is 17.2. The molecule has 3 rings (SSSR count). The third-order valence-electron chi connectivity index (χ3n) is 4.64. The average molecular weight is 338 g/mol. The lowest BCUT2D eigenvalue weighted by Gasteiger charge is -2.23. The molecule has 0 aliphatic heterocycles. The summed E-state index contributed by atoms with van der Waals surface area (Å²) in [6.45, 7) is 4.11. The van der Waals surface area contributed by atoms with Gasteiger partial charge in [-0.2, -0.15) is 0 Å². The minimum atomic E-state index is -0.639. The van der Waals surface area contributed by atoms with E-state index < -0.39 is 11.8 Å². The predicted molar refractivity (Wildman–Crippen MR) is 94.2 cm³/mol. The molecule has 3 atom stereocenters. The Bertz CT molecular complexity index is 754. The Hall–Kier alpha value is -2.62. The van der Waals surface area contributed by atoms with Crippen LogP contribution >= 0.6 is 0 Å². The molecule has 4 nitrogen and oxygen atoms in total. The molecule has 0 saturated carbocycles. The van der Waals surface area contributed by atoms with Crippen molar-refractivity contribution in [2.45, 2.75) is 25.7 Å². The van der Waals surface area contributed by atoms with E-state index in [1.165, 1.54) is 0 Å². The van der Waals surface area contributed by atoms with Crippen molar-refractivity contribution < 1.29 is 19.1 Å². The molecule has 0 heterocycles. The highest BCUT2D eigenvalue weighted by atomic mass is 16.5. The summed E-state index contributed by atoms with van der Waals surface area (Å²) in [7, 11) is 0. The van der Waals surface area contributed by atoms with E-state index in [2.05, 4.69) is 0 Å². The smallest absolute Gasteiger partial charge is 0.314 e. The molecule has 3 unspecified atom stereocenters. The number of fused-ring (bicyclic) bond motifs is 1. The Morgan fingerprint density at radius 3 is 2.00 bits per heavy atom. The third-order valence-corrected chi connectivity index (χ3v) is 4.64. The van der Waals surface area contributed by atoms with Gasteiger partial charge in [0.25, 0.3) is 0 Å². The monoisotopic (exact) mass is 338 g/mol. The largest absolute Gasteiger partial charge is 0.466 e. The normalized spacial score (nSPS) is 21.4. The van der Waals surface area contributed by atoms with Gasteiger partial charge in [-0.3, -0.25) is 9.59 Å². The first-order valence-corrected chi connectivity index (χ1v) is 8.66. The second-order valence-corrected chi connectivity index (χ2v) is 6.02. The van der Waals surface area contributed by atoms with Crippen LogP contribution in [0.5, 0.6) is 0 Å². The summed E-state index contributed by atoms with van der Waals surface area (Å²) in [4.78, 5) is 25.5. The number of carbonyl (C=O) groups excluding carboxylic acids is 2. The fraction of sp³-hybridized carbons (Fsp3) is 0.333. The van der Waals surface area contributed by atoms with Gasteiger partial charge in [-0.05, 0) is 30.5 Å². The molecular weight excluding hydrogens is 316 g/mol. The van der Waals surface area contributed by atoms with E-state index >= 15 is 0 Å². The van der Waals surface area contributed by atoms with Crippen molar-refractivity contribution in [3.63, 3.8) is 0 Å². The minimum Gasteiger partial charge on any atom is -0.466 e. The Morgan fingerprint density at radius 2 is 1.36 bits per heavy atom. The Balaban J connectivity index is 2.14. The van der Waals surface area contributed by atoms with Gasteiger partial charge in [0.15, 0.2) is 0 Å². The summed E-state index contributed by atoms with van der Waals surface area (Å²) < 4.78 is 10.6. The van der Waals surface area contributed by atoms with E-state index in [0.717, 1.165) is 16.7 Å². The average Bonchev–Trinajstić information content (AvgIpc) is 2.98. The predicted octanol–water partition coefficient (Wildman–Crippen LogP) is 3.66. The van der Waals surface area contributed by atoms with Crippen molar-refractivity contribution >= 4 is 11.9 Å². The van der Waals surface area contributed by atoms with Crippen molar-refractivity contribution in [3.8, 4) is 0 Å². The van der Waals surface area contributed by atoms with E-state index in [4.69, 9.17) is 9.47 Å². The Kier molecular flexibility index (Phi) is 5.17. The Labute approximate surface area is 147 Å². The molecule has 0 aromatic heterocycles. The van der Waals surface area contributed by atoms with Gasteiger partial charge < -0.3 is 9.47 Å². The maximum Gasteiger partial charge on any atom is 0.314 e. The van der Waals surface area contributed by atoms with Gasteiger partial charge >= 0.3 is 11.9 Å². The van der Waals surface area contributed by atoms with Crippen LogP contribution in [0.4, 0.5) is 0 Å². The topological polar surface area (TPSA) is 52.6 Å². The number of ether oxygens (including phenoxy) is 2. The van der Waals surface area contributed by atoms with Crippen LogP contribution in [0, 0.1) is 5.92 Å². The Morgan fingerprint density at radius 1 is 0.800 bits per heavy atom. The zero-order chi connectivity index (χ0) is 17.8. The molecule has 1 aliphatic carbocycles. The van der Waals surface area contributed by atoms with Crippen LogP contribution in [-0.4, -0.2) is 25.2 Å². The van der Waals surface area contributed by atoms with Crippen LogP contribution < -0.4 is 0 Å². The second kappa shape index (κ2) is 7.51. The van der Waals surface area contributed by atoms with Crippen molar-refractivity contribution in [2.75, 3.05) is 13.2 Å². The van der Waals surface area contributed by atoms with Crippen LogP contribution in [0.1, 0.15) is 42.4 Å². The SMILES string of the molecule is CCOC(=O)C1c2ccccc2C(c2ccccc2)C1C(=O)OCC. The van der Waals surface area contributed by atoms with Gasteiger partial charge in [-0.25, -0.2) is 0 Å². The molecule has 0 N–H and O–H groups in total. The molecule has 1 aliphatic rings. The molecule has 0 bridgehead atoms. The maximum atomic E-state index is 12.8. The van der Waals surface area contributed by atoms with Gasteiger partial charge in [0.2, 0.25) is 0 Å². The number of hydrogen-bond acceptors (Lipinski definition) is 4. The van der Waals surface area contributed by atoms with Crippen molar-refractivity contribution in [2.24, 2.45) is 5.92 Å². The zero-order valence-corrected chi connectivity index (χ0v) is 14.5. The van der Waals surface area contributed by atoms with Crippen molar-refractivity contribution in [1.29, 1.82) is 0 Å². The molecule has 0 fully saturated rings. The highest BCUT2D eigenvalue weighted by Crippen LogP contribution is 2.50. The van der Waals surface area contributed by atoms with Crippen LogP contribution in [-0.2, 0) is 19.1 Å². The maximum absolute atomic E-state index is 12.8. The standard InChI is InChI=1S/C21H22O4/c1-3-24-20(22)18-16-13-9-8-12-15(16)17(14-10-6-5-7-11-14)19(18)21(23)25-4-2/h5-13,17-19H,3-4H2,1-2H3. The molecule has 130 valence electrons. The number of hydrogen-bond donors (Lipinski definition) is 0. The molecular formula is C21H22O4. The molecule has 4 heteroatoms. The van der Waals surface area contributed by atoms with E-state index in [1.807, 2.05) is 54.6 Å². The van der Waals surface area contributed by atoms with E-state index in [0.29, 0.717) is 0 Å². The van der Waals surface area contributed by atoms with Gasteiger partial charge in [0.05, 0.1) is 25.0 Å². The summed E-state index contributed by atoms with van der Waals surface area (Å²) in [5.74, 6) is -2.19. The summed E-state index contributed by atoms with van der Waals surface area (Å²) in [5, 5.41) is 0. The number of esters is 2. The van der Waals surface area contributed by atoms with E-state index in [1.54, 1.807) is 13.8 Å². The third kappa shape index (κ3) is 3.16. The molecule has 25 heavy (non-hydrogen) atoms. The highest BCUT2D eigenvalue weighted by Gasteiger charge is 2.50. The van der Waals surface area contributed by atoms with Gasteiger partial charge in [0.1, 0.15) is 0 Å². The lowest BCUT2D eigenvalue weighted by atomic mass is 9.82. The molecule has 0 spiro atoms. The summed E-state index contributed by atoms with van der Waals surface area (Å²) in [6.07, 6.45) is 0. The summed E-state index contributed by atoms with van der Waals surface area (Å²) >= 11 is 0. The van der Waals surface area contributed by atoms with Crippen LogP contribution in [0.3, 0.4) is 0 Å². The molecule has 0 saturated heterocycles. The molecule has 0 amide bonds. The highest BCUT2D eigenvalue weighted by molar-refractivity contribution is 5.90. The molecule has 2 aromatic rings. The van der Waals surface area contributed by atoms with Crippen LogP contribution in [0.15, 0.2) is 54.6 Å². The number of benzene rings is 2. The van der Waals surface area contributed by atoms with Gasteiger partial charge in [-0.15, -0.1) is 0 Å². The zero-order valence-electron chi connectivity index (χ0n) is 14.5. The summed E-state index contributed by atoms with van der Waals surface area (Å²) in [6, 6.07) is 17.5. The van der Waals surface area contributed by atoms with Crippen LogP contribution in [0.2, 0.25) is 0 Å². The first-order chi connectivity index (χ1) is 12.2. The van der Waals surface area contributed by atoms with E-state index in [-0.39, 0.29) is 31.1 Å². The van der Waals surface area contributed by atoms with Gasteiger partial charge in [0, 0.05) is 5.92 Å². The summed E-state index contributed by atoms with van der Waals surface area (Å²) in [5.41, 5.74) is 2.84. The quantitative estimate of drug-likeness (QED) is 0.781. The lowest BCUT2D eigenvalue weighted by molar-refractivity contribution is -0.156. The van der Waals surface area contributed by atoms with Gasteiger partial charge in [-0.1, -0.05) is 54.6 Å². The molecule has 2 aromatic carbocycles. The number of carbonyl (C=O) groups is 2. The second-order valence-electron chi connectivity index (χ2n) is 6.02. The number of rotatable bonds is 5. The first-order valence-electron chi connectivity index (χ1n) is 8.66. The van der Waals surface area contributed by atoms with E-state index in [9.17, 15) is 9.59 Å². The fourth-order valence-corrected chi connectivity index (χ4v) is 3.72. The minimum absolute atomic E-state index is 0.217.